The van der Waals surface area contributed by atoms with Crippen molar-refractivity contribution in [3.05, 3.63) is 63.5 Å². The zero-order valence-corrected chi connectivity index (χ0v) is 17.1. The van der Waals surface area contributed by atoms with E-state index in [4.69, 9.17) is 0 Å². The summed E-state index contributed by atoms with van der Waals surface area (Å²) in [5, 5.41) is 0.613. The minimum atomic E-state index is -0.131. The molecular formula is C22H25N3O2S. The van der Waals surface area contributed by atoms with Crippen LogP contribution < -0.4 is 5.56 Å². The Morgan fingerprint density at radius 2 is 2.07 bits per heavy atom. The summed E-state index contributed by atoms with van der Waals surface area (Å²) in [6, 6.07) is 12.1. The Labute approximate surface area is 168 Å². The number of carbonyl (C=O) groups excluding carboxylic acids is 1. The number of aromatic nitrogens is 2. The molecule has 5 nitrogen and oxygen atoms in total. The van der Waals surface area contributed by atoms with E-state index in [9.17, 15) is 9.59 Å². The van der Waals surface area contributed by atoms with Gasteiger partial charge in [-0.05, 0) is 43.7 Å². The number of thiophene rings is 1. The second-order valence-corrected chi connectivity index (χ2v) is 8.66. The highest BCUT2D eigenvalue weighted by molar-refractivity contribution is 7.18. The van der Waals surface area contributed by atoms with Crippen LogP contribution in [0.5, 0.6) is 0 Å². The monoisotopic (exact) mass is 395 g/mol. The normalized spacial score (nSPS) is 14.9. The van der Waals surface area contributed by atoms with E-state index in [1.807, 2.05) is 41.3 Å². The lowest BCUT2D eigenvalue weighted by Gasteiger charge is -2.30. The maximum absolute atomic E-state index is 13.2. The van der Waals surface area contributed by atoms with Crippen molar-refractivity contribution in [3.63, 3.8) is 0 Å². The molecule has 0 aliphatic heterocycles. The molecule has 0 bridgehead atoms. The van der Waals surface area contributed by atoms with Crippen LogP contribution in [0.25, 0.3) is 10.2 Å². The van der Waals surface area contributed by atoms with Gasteiger partial charge in [-0.2, -0.15) is 0 Å². The third-order valence-corrected chi connectivity index (χ3v) is 6.72. The molecule has 1 fully saturated rings. The van der Waals surface area contributed by atoms with Crippen LogP contribution >= 0.6 is 11.3 Å². The van der Waals surface area contributed by atoms with Gasteiger partial charge in [0.2, 0.25) is 5.91 Å². The van der Waals surface area contributed by atoms with Crippen molar-refractivity contribution in [1.82, 2.24) is 14.5 Å². The average Bonchev–Trinajstić information content (AvgIpc) is 3.47. The van der Waals surface area contributed by atoms with Crippen molar-refractivity contribution >= 4 is 27.5 Å². The van der Waals surface area contributed by atoms with Gasteiger partial charge < -0.3 is 4.90 Å². The molecule has 1 amide bonds. The summed E-state index contributed by atoms with van der Waals surface area (Å²) in [6.07, 6.45) is 4.73. The topological polar surface area (TPSA) is 55.2 Å². The minimum Gasteiger partial charge on any atom is -0.334 e. The van der Waals surface area contributed by atoms with Crippen LogP contribution in [0, 0.1) is 5.92 Å². The van der Waals surface area contributed by atoms with E-state index in [2.05, 4.69) is 18.8 Å². The van der Waals surface area contributed by atoms with Gasteiger partial charge in [0, 0.05) is 17.5 Å². The van der Waals surface area contributed by atoms with Crippen molar-refractivity contribution < 1.29 is 4.79 Å². The van der Waals surface area contributed by atoms with Crippen molar-refractivity contribution in [1.29, 1.82) is 0 Å². The van der Waals surface area contributed by atoms with Crippen LogP contribution in [-0.2, 0) is 24.3 Å². The molecule has 1 aliphatic rings. The number of hydrogen-bond donors (Lipinski definition) is 0. The predicted octanol–water partition coefficient (Wildman–Crippen LogP) is 3.85. The number of rotatable bonds is 7. The molecule has 2 aromatic heterocycles. The van der Waals surface area contributed by atoms with Gasteiger partial charge >= 0.3 is 0 Å². The first-order chi connectivity index (χ1) is 13.6. The zero-order valence-electron chi connectivity index (χ0n) is 16.3. The summed E-state index contributed by atoms with van der Waals surface area (Å²) in [6.45, 7) is 4.78. The summed E-state index contributed by atoms with van der Waals surface area (Å²) in [4.78, 5) is 34.2. The predicted molar refractivity (Wildman–Crippen MR) is 112 cm³/mol. The summed E-state index contributed by atoms with van der Waals surface area (Å²) >= 11 is 1.54. The maximum Gasteiger partial charge on any atom is 0.262 e. The van der Waals surface area contributed by atoms with Crippen LogP contribution in [0.1, 0.15) is 37.1 Å². The van der Waals surface area contributed by atoms with Crippen molar-refractivity contribution in [2.45, 2.75) is 52.2 Å². The molecular weight excluding hydrogens is 370 g/mol. The molecule has 28 heavy (non-hydrogen) atoms. The molecule has 1 unspecified atom stereocenters. The van der Waals surface area contributed by atoms with Gasteiger partial charge in [0.25, 0.3) is 5.56 Å². The average molecular weight is 396 g/mol. The Bertz CT molecular complexity index is 1040. The van der Waals surface area contributed by atoms with Crippen LogP contribution in [-0.4, -0.2) is 26.4 Å². The lowest BCUT2D eigenvalue weighted by atomic mass is 10.1. The number of nitrogens with zero attached hydrogens (tertiary/aromatic N) is 3. The van der Waals surface area contributed by atoms with Crippen LogP contribution in [0.3, 0.4) is 0 Å². The Morgan fingerprint density at radius 1 is 1.32 bits per heavy atom. The number of fused-ring (bicyclic) bond motifs is 1. The smallest absolute Gasteiger partial charge is 0.262 e. The van der Waals surface area contributed by atoms with Gasteiger partial charge in [0.1, 0.15) is 11.4 Å². The highest BCUT2D eigenvalue weighted by atomic mass is 32.1. The quantitative estimate of drug-likeness (QED) is 0.611. The van der Waals surface area contributed by atoms with Gasteiger partial charge in [0.15, 0.2) is 0 Å². The highest BCUT2D eigenvalue weighted by Gasteiger charge is 2.34. The molecule has 3 aromatic rings. The molecule has 1 aromatic carbocycles. The highest BCUT2D eigenvalue weighted by Crippen LogP contribution is 2.35. The van der Waals surface area contributed by atoms with E-state index in [0.717, 1.165) is 21.7 Å². The van der Waals surface area contributed by atoms with Gasteiger partial charge in [-0.1, -0.05) is 37.3 Å². The molecule has 0 N–H and O–H groups in total. The molecule has 0 saturated heterocycles. The SMILES string of the molecule is CCc1cc2c(=O)n(CC(=O)N(Cc3ccccc3)C(C)C3CC3)cnc2s1. The second kappa shape index (κ2) is 7.87. The van der Waals surface area contributed by atoms with E-state index >= 15 is 0 Å². The molecule has 0 radical (unpaired) electrons. The van der Waals surface area contributed by atoms with E-state index < -0.39 is 0 Å². The lowest BCUT2D eigenvalue weighted by Crippen LogP contribution is -2.42. The fourth-order valence-corrected chi connectivity index (χ4v) is 4.53. The van der Waals surface area contributed by atoms with Crippen LogP contribution in [0.4, 0.5) is 0 Å². The van der Waals surface area contributed by atoms with Gasteiger partial charge in [-0.15, -0.1) is 11.3 Å². The Kier molecular flexibility index (Phi) is 5.31. The zero-order chi connectivity index (χ0) is 19.7. The largest absolute Gasteiger partial charge is 0.334 e. The lowest BCUT2D eigenvalue weighted by molar-refractivity contribution is -0.135. The number of aryl methyl sites for hydroxylation is 1. The molecule has 1 saturated carbocycles. The molecule has 146 valence electrons. The second-order valence-electron chi connectivity index (χ2n) is 7.55. The number of hydrogen-bond acceptors (Lipinski definition) is 4. The summed E-state index contributed by atoms with van der Waals surface area (Å²) < 4.78 is 1.45. The van der Waals surface area contributed by atoms with E-state index in [0.29, 0.717) is 17.8 Å². The fourth-order valence-electron chi connectivity index (χ4n) is 3.61. The van der Waals surface area contributed by atoms with Crippen LogP contribution in [0.15, 0.2) is 47.5 Å². The third-order valence-electron chi connectivity index (χ3n) is 5.54. The number of carbonyl (C=O) groups is 1. The molecule has 4 rings (SSSR count). The fraction of sp³-hybridized carbons (Fsp3) is 0.409. The summed E-state index contributed by atoms with van der Waals surface area (Å²) in [7, 11) is 0. The Balaban J connectivity index is 1.59. The first-order valence-electron chi connectivity index (χ1n) is 9.88. The molecule has 0 spiro atoms. The molecule has 2 heterocycles. The van der Waals surface area contributed by atoms with Crippen molar-refractivity contribution in [2.75, 3.05) is 0 Å². The molecule has 1 atom stereocenters. The van der Waals surface area contributed by atoms with Crippen molar-refractivity contribution in [2.24, 2.45) is 5.92 Å². The summed E-state index contributed by atoms with van der Waals surface area (Å²) in [5.41, 5.74) is 0.975. The maximum atomic E-state index is 13.2. The molecule has 1 aliphatic carbocycles. The number of benzene rings is 1. The van der Waals surface area contributed by atoms with E-state index in [-0.39, 0.29) is 24.1 Å². The van der Waals surface area contributed by atoms with Gasteiger partial charge in [-0.25, -0.2) is 4.98 Å². The Hall–Kier alpha value is -2.47. The standard InChI is InChI=1S/C22H25N3O2S/c1-3-18-11-19-21(28-18)23-14-24(22(19)27)13-20(26)25(15(2)17-9-10-17)12-16-7-5-4-6-8-16/h4-8,11,14-15,17H,3,9-10,12-13H2,1-2H3. The third kappa shape index (κ3) is 3.87. The van der Waals surface area contributed by atoms with Gasteiger partial charge in [0.05, 0.1) is 11.7 Å². The van der Waals surface area contributed by atoms with Crippen LogP contribution in [0.2, 0.25) is 0 Å². The van der Waals surface area contributed by atoms with Crippen molar-refractivity contribution in [3.8, 4) is 0 Å². The van der Waals surface area contributed by atoms with E-state index in [1.54, 1.807) is 11.3 Å². The Morgan fingerprint density at radius 3 is 2.75 bits per heavy atom. The minimum absolute atomic E-state index is 0.0301. The number of amides is 1. The van der Waals surface area contributed by atoms with E-state index in [1.165, 1.54) is 23.7 Å². The molecule has 6 heteroatoms. The first kappa shape index (κ1) is 18.9. The first-order valence-corrected chi connectivity index (χ1v) is 10.7. The van der Waals surface area contributed by atoms with Gasteiger partial charge in [-0.3, -0.25) is 14.2 Å². The summed E-state index contributed by atoms with van der Waals surface area (Å²) in [5.74, 6) is 0.534.